The van der Waals surface area contributed by atoms with Crippen LogP contribution in [0.3, 0.4) is 0 Å². The van der Waals surface area contributed by atoms with Crippen molar-refractivity contribution in [3.63, 3.8) is 0 Å². The van der Waals surface area contributed by atoms with Gasteiger partial charge < -0.3 is 20.1 Å². The summed E-state index contributed by atoms with van der Waals surface area (Å²) in [4.78, 5) is 60.5. The highest BCUT2D eigenvalue weighted by atomic mass is 16.5. The number of ether oxygens (including phenoxy) is 2. The van der Waals surface area contributed by atoms with E-state index in [1.165, 1.54) is 11.7 Å². The van der Waals surface area contributed by atoms with Gasteiger partial charge in [-0.1, -0.05) is 13.3 Å². The van der Waals surface area contributed by atoms with E-state index in [2.05, 4.69) is 9.97 Å². The van der Waals surface area contributed by atoms with Crippen LogP contribution in [0.15, 0.2) is 27.9 Å². The molecule has 1 saturated heterocycles. The van der Waals surface area contributed by atoms with Gasteiger partial charge in [0, 0.05) is 39.5 Å². The minimum absolute atomic E-state index is 0.0297. The Hall–Kier alpha value is -3.67. The second-order valence-corrected chi connectivity index (χ2v) is 8.18. The van der Waals surface area contributed by atoms with Gasteiger partial charge in [0.2, 0.25) is 0 Å². The minimum atomic E-state index is -0.806. The van der Waals surface area contributed by atoms with Crippen LogP contribution in [-0.2, 0) is 20.8 Å². The van der Waals surface area contributed by atoms with E-state index >= 15 is 0 Å². The van der Waals surface area contributed by atoms with Gasteiger partial charge in [-0.05, 0) is 31.4 Å². The lowest BCUT2D eigenvalue weighted by Gasteiger charge is -2.24. The molecule has 2 aromatic heterocycles. The monoisotopic (exact) mass is 488 g/mol. The minimum Gasteiger partial charge on any atom is -0.452 e. The van der Waals surface area contributed by atoms with Crippen molar-refractivity contribution in [1.29, 1.82) is 0 Å². The molecule has 1 aliphatic heterocycles. The normalized spacial score (nSPS) is 13.1. The molecular weight excluding hydrogens is 456 g/mol. The van der Waals surface area contributed by atoms with Crippen LogP contribution >= 0.6 is 0 Å². The topological polar surface area (TPSA) is 153 Å². The molecule has 0 bridgehead atoms. The Balaban J connectivity index is 1.83. The van der Waals surface area contributed by atoms with Gasteiger partial charge in [-0.3, -0.25) is 24.0 Å². The molecule has 0 unspecified atom stereocenters. The van der Waals surface area contributed by atoms with Crippen molar-refractivity contribution in [2.24, 2.45) is 0 Å². The van der Waals surface area contributed by atoms with Crippen molar-refractivity contribution < 1.29 is 19.1 Å². The number of pyridine rings is 1. The number of aromatic amines is 1. The Morgan fingerprint density at radius 3 is 2.69 bits per heavy atom. The number of nitrogens with one attached hydrogen (secondary N) is 1. The van der Waals surface area contributed by atoms with Crippen molar-refractivity contribution in [2.75, 3.05) is 55.5 Å². The fourth-order valence-corrected chi connectivity index (χ4v) is 3.94. The van der Waals surface area contributed by atoms with Gasteiger partial charge in [-0.15, -0.1) is 0 Å². The second-order valence-electron chi connectivity index (χ2n) is 8.18. The first-order valence-electron chi connectivity index (χ1n) is 11.7. The molecule has 12 heteroatoms. The molecule has 0 aliphatic carbocycles. The molecule has 1 fully saturated rings. The highest BCUT2D eigenvalue weighted by Gasteiger charge is 2.26. The molecule has 3 heterocycles. The van der Waals surface area contributed by atoms with Crippen LogP contribution in [0.1, 0.15) is 43.0 Å². The van der Waals surface area contributed by atoms with E-state index in [1.807, 2.05) is 11.8 Å². The summed E-state index contributed by atoms with van der Waals surface area (Å²) in [5, 5.41) is 0. The molecule has 0 radical (unpaired) electrons. The molecule has 0 saturated carbocycles. The Kier molecular flexibility index (Phi) is 9.01. The molecule has 3 rings (SSSR count). The maximum Gasteiger partial charge on any atom is 0.342 e. The molecule has 0 aromatic carbocycles. The fourth-order valence-electron chi connectivity index (χ4n) is 3.94. The van der Waals surface area contributed by atoms with E-state index in [4.69, 9.17) is 15.2 Å². The predicted molar refractivity (Wildman–Crippen MR) is 131 cm³/mol. The second kappa shape index (κ2) is 12.2. The Morgan fingerprint density at radius 1 is 1.26 bits per heavy atom. The highest BCUT2D eigenvalue weighted by molar-refractivity contribution is 6.00. The van der Waals surface area contributed by atoms with Crippen LogP contribution in [0.25, 0.3) is 0 Å². The van der Waals surface area contributed by atoms with Gasteiger partial charge in [-0.2, -0.15) is 0 Å². The Labute approximate surface area is 202 Å². The number of esters is 1. The lowest BCUT2D eigenvalue weighted by molar-refractivity contribution is -0.121. The van der Waals surface area contributed by atoms with E-state index < -0.39 is 29.7 Å². The number of H-pyrrole nitrogens is 1. The number of nitrogens with two attached hydrogens (primary N) is 1. The summed E-state index contributed by atoms with van der Waals surface area (Å²) >= 11 is 0. The van der Waals surface area contributed by atoms with Gasteiger partial charge in [0.15, 0.2) is 12.3 Å². The molecule has 1 amide bonds. The first-order chi connectivity index (χ1) is 16.9. The number of amides is 1. The van der Waals surface area contributed by atoms with Crippen LogP contribution in [-0.4, -0.2) is 66.4 Å². The predicted octanol–water partition coefficient (Wildman–Crippen LogP) is 0.751. The summed E-state index contributed by atoms with van der Waals surface area (Å²) in [6.07, 6.45) is 5.08. The number of unbranched alkanes of at least 4 members (excludes halogenated alkanes) is 1. The van der Waals surface area contributed by atoms with Gasteiger partial charge in [0.1, 0.15) is 17.2 Å². The smallest absolute Gasteiger partial charge is 0.342 e. The maximum absolute atomic E-state index is 13.1. The maximum atomic E-state index is 13.1. The summed E-state index contributed by atoms with van der Waals surface area (Å²) in [5.74, 6) is -0.997. The number of carbonyl (C=O) groups excluding carboxylic acids is 2. The molecule has 1 aliphatic rings. The van der Waals surface area contributed by atoms with Crippen molar-refractivity contribution >= 4 is 29.2 Å². The van der Waals surface area contributed by atoms with Gasteiger partial charge in [0.25, 0.3) is 11.5 Å². The molecular formula is C23H32N6O6. The largest absolute Gasteiger partial charge is 0.452 e. The van der Waals surface area contributed by atoms with E-state index in [1.54, 1.807) is 18.3 Å². The number of nitrogen functional groups attached to an aromatic ring is 1. The van der Waals surface area contributed by atoms with Crippen LogP contribution < -0.4 is 26.8 Å². The average molecular weight is 489 g/mol. The van der Waals surface area contributed by atoms with Crippen molar-refractivity contribution in [3.05, 3.63) is 44.7 Å². The lowest BCUT2D eigenvalue weighted by Crippen LogP contribution is -2.44. The van der Waals surface area contributed by atoms with Crippen molar-refractivity contribution in [3.8, 4) is 0 Å². The molecule has 2 aromatic rings. The standard InChI is InChI=1S/C23H32N6O6/c1-3-4-12-29-19(24)18(21(31)26-23(29)33)28(13-14-34-2)17(30)15-35-22(32)16-8-7-9-25-20(16)27-10-5-6-11-27/h7-9H,3-6,10-15,24H2,1-2H3,(H,26,31,33). The van der Waals surface area contributed by atoms with E-state index in [-0.39, 0.29) is 36.8 Å². The SMILES string of the molecule is CCCCn1c(N)c(N(CCOC)C(=O)COC(=O)c2cccnc2N2CCCC2)c(=O)[nH]c1=O. The number of hydrogen-bond donors (Lipinski definition) is 2. The number of anilines is 3. The third kappa shape index (κ3) is 6.07. The van der Waals surface area contributed by atoms with E-state index in [0.29, 0.717) is 12.2 Å². The Bertz CT molecular complexity index is 1150. The summed E-state index contributed by atoms with van der Waals surface area (Å²) < 4.78 is 11.6. The zero-order valence-electron chi connectivity index (χ0n) is 20.1. The van der Waals surface area contributed by atoms with Crippen molar-refractivity contribution in [1.82, 2.24) is 14.5 Å². The lowest BCUT2D eigenvalue weighted by atomic mass is 10.2. The molecule has 12 nitrogen and oxygen atoms in total. The fraction of sp³-hybridized carbons (Fsp3) is 0.522. The number of rotatable bonds is 11. The number of aromatic nitrogens is 3. The third-order valence-corrected chi connectivity index (χ3v) is 5.78. The van der Waals surface area contributed by atoms with E-state index in [0.717, 1.165) is 37.3 Å². The highest BCUT2D eigenvalue weighted by Crippen LogP contribution is 2.23. The van der Waals surface area contributed by atoms with E-state index in [9.17, 15) is 19.2 Å². The van der Waals surface area contributed by atoms with Crippen molar-refractivity contribution in [2.45, 2.75) is 39.2 Å². The summed E-state index contributed by atoms with van der Waals surface area (Å²) in [6, 6.07) is 3.23. The quantitative estimate of drug-likeness (QED) is 0.436. The summed E-state index contributed by atoms with van der Waals surface area (Å²) in [7, 11) is 1.45. The first kappa shape index (κ1) is 25.9. The summed E-state index contributed by atoms with van der Waals surface area (Å²) in [5.41, 5.74) is 4.78. The molecule has 0 atom stereocenters. The molecule has 35 heavy (non-hydrogen) atoms. The van der Waals surface area contributed by atoms with Gasteiger partial charge in [-0.25, -0.2) is 14.6 Å². The van der Waals surface area contributed by atoms with Crippen LogP contribution in [0, 0.1) is 0 Å². The average Bonchev–Trinajstić information content (AvgIpc) is 3.39. The van der Waals surface area contributed by atoms with Crippen LogP contribution in [0.4, 0.5) is 17.3 Å². The molecule has 0 spiro atoms. The van der Waals surface area contributed by atoms with Crippen LogP contribution in [0.5, 0.6) is 0 Å². The summed E-state index contributed by atoms with van der Waals surface area (Å²) in [6.45, 7) is 3.24. The molecule has 3 N–H and O–H groups in total. The van der Waals surface area contributed by atoms with Gasteiger partial charge >= 0.3 is 11.7 Å². The number of methoxy groups -OCH3 is 1. The van der Waals surface area contributed by atoms with Crippen LogP contribution in [0.2, 0.25) is 0 Å². The number of nitrogens with zero attached hydrogens (tertiary/aromatic N) is 4. The zero-order valence-corrected chi connectivity index (χ0v) is 20.1. The third-order valence-electron chi connectivity index (χ3n) is 5.78. The number of hydrogen-bond acceptors (Lipinski definition) is 9. The first-order valence-corrected chi connectivity index (χ1v) is 11.7. The molecule has 190 valence electrons. The number of carbonyl (C=O) groups is 2. The zero-order chi connectivity index (χ0) is 25.4. The Morgan fingerprint density at radius 2 is 2.00 bits per heavy atom. The van der Waals surface area contributed by atoms with Gasteiger partial charge in [0.05, 0.1) is 6.61 Å².